The lowest BCUT2D eigenvalue weighted by molar-refractivity contribution is 0.0964. The van der Waals surface area contributed by atoms with Crippen LogP contribution >= 0.6 is 23.2 Å². The fourth-order valence-electron chi connectivity index (χ4n) is 4.56. The normalized spacial score (nSPS) is 13.2. The van der Waals surface area contributed by atoms with Crippen molar-refractivity contribution in [2.75, 3.05) is 11.4 Å². The smallest absolute Gasteiger partial charge is 0.455 e. The van der Waals surface area contributed by atoms with Gasteiger partial charge in [-0.3, -0.25) is 9.10 Å². The molecule has 5 rings (SSSR count). The summed E-state index contributed by atoms with van der Waals surface area (Å²) < 4.78 is 32.0. The minimum atomic E-state index is -3.07. The van der Waals surface area contributed by atoms with Gasteiger partial charge in [0.05, 0.1) is 17.8 Å². The van der Waals surface area contributed by atoms with Gasteiger partial charge in [-0.1, -0.05) is 29.3 Å². The molecule has 1 saturated carbocycles. The number of anilines is 1. The van der Waals surface area contributed by atoms with Gasteiger partial charge in [0.15, 0.2) is 0 Å². The summed E-state index contributed by atoms with van der Waals surface area (Å²) >= 11 is 12.2. The predicted molar refractivity (Wildman–Crippen MR) is 150 cm³/mol. The highest BCUT2D eigenvalue weighted by Crippen LogP contribution is 2.45. The SMILES string of the molecule is CNC(=O)c1c(-c2ccc(Cl)cc2)oc2cc(CN(c3ccc(B(O)O)c(Cl)c3)[SH](=O)=O)c(C3CC3)cc12. The second kappa shape index (κ2) is 10.6. The van der Waals surface area contributed by atoms with Crippen molar-refractivity contribution in [1.29, 1.82) is 0 Å². The van der Waals surface area contributed by atoms with E-state index in [0.717, 1.165) is 24.0 Å². The highest BCUT2D eigenvalue weighted by atomic mass is 35.5. The van der Waals surface area contributed by atoms with Gasteiger partial charge in [0.1, 0.15) is 11.3 Å². The molecule has 1 fully saturated rings. The molecule has 4 aromatic rings. The van der Waals surface area contributed by atoms with Crippen LogP contribution in [0.5, 0.6) is 0 Å². The largest absolute Gasteiger partial charge is 0.489 e. The molecule has 0 saturated heterocycles. The Morgan fingerprint density at radius 2 is 1.82 bits per heavy atom. The lowest BCUT2D eigenvalue weighted by Gasteiger charge is -2.21. The zero-order chi connectivity index (χ0) is 27.1. The van der Waals surface area contributed by atoms with Crippen LogP contribution in [0.25, 0.3) is 22.3 Å². The first-order chi connectivity index (χ1) is 18.2. The Balaban J connectivity index is 1.63. The number of hydrogen-bond acceptors (Lipinski definition) is 6. The molecule has 0 atom stereocenters. The monoisotopic (exact) mass is 572 g/mol. The first-order valence-electron chi connectivity index (χ1n) is 11.8. The molecular formula is C26H23BCl2N2O6S. The van der Waals surface area contributed by atoms with Gasteiger partial charge < -0.3 is 19.8 Å². The molecule has 1 aliphatic rings. The molecule has 196 valence electrons. The molecule has 1 aliphatic carbocycles. The average Bonchev–Trinajstić information content (AvgIpc) is 3.66. The van der Waals surface area contributed by atoms with E-state index in [0.29, 0.717) is 32.9 Å². The van der Waals surface area contributed by atoms with Crippen LogP contribution < -0.4 is 15.1 Å². The molecule has 1 heterocycles. The van der Waals surface area contributed by atoms with Gasteiger partial charge in [-0.2, -0.15) is 0 Å². The predicted octanol–water partition coefficient (Wildman–Crippen LogP) is 3.86. The van der Waals surface area contributed by atoms with Gasteiger partial charge in [0, 0.05) is 33.5 Å². The molecule has 0 bridgehead atoms. The number of carbonyl (C=O) groups excluding carboxylic acids is 1. The van der Waals surface area contributed by atoms with Crippen LogP contribution in [0.3, 0.4) is 0 Å². The highest BCUT2D eigenvalue weighted by molar-refractivity contribution is 7.74. The van der Waals surface area contributed by atoms with Crippen LogP contribution in [0.1, 0.15) is 40.2 Å². The molecule has 0 spiro atoms. The number of halogens is 2. The van der Waals surface area contributed by atoms with Crippen LogP contribution in [-0.2, 0) is 17.4 Å². The van der Waals surface area contributed by atoms with E-state index < -0.39 is 18.0 Å². The van der Waals surface area contributed by atoms with Crippen LogP contribution in [-0.4, -0.2) is 38.5 Å². The molecule has 8 nitrogen and oxygen atoms in total. The average molecular weight is 573 g/mol. The van der Waals surface area contributed by atoms with E-state index in [1.54, 1.807) is 37.4 Å². The number of rotatable bonds is 8. The number of fused-ring (bicyclic) bond motifs is 1. The van der Waals surface area contributed by atoms with Crippen molar-refractivity contribution in [3.05, 3.63) is 81.3 Å². The number of thiol groups is 1. The summed E-state index contributed by atoms with van der Waals surface area (Å²) in [4.78, 5) is 13.0. The molecule has 3 N–H and O–H groups in total. The summed E-state index contributed by atoms with van der Waals surface area (Å²) in [5, 5.41) is 22.8. The van der Waals surface area contributed by atoms with E-state index in [4.69, 9.17) is 27.6 Å². The van der Waals surface area contributed by atoms with Gasteiger partial charge in [-0.15, -0.1) is 0 Å². The summed E-state index contributed by atoms with van der Waals surface area (Å²) in [5.41, 5.74) is 3.57. The number of amides is 1. The first-order valence-corrected chi connectivity index (χ1v) is 13.7. The van der Waals surface area contributed by atoms with Crippen molar-refractivity contribution in [3.8, 4) is 11.3 Å². The summed E-state index contributed by atoms with van der Waals surface area (Å²) in [6, 6.07) is 14.9. The van der Waals surface area contributed by atoms with Crippen LogP contribution in [0, 0.1) is 0 Å². The maximum Gasteiger partial charge on any atom is 0.489 e. The molecule has 1 amide bonds. The second-order valence-corrected chi connectivity index (χ2v) is 10.9. The summed E-state index contributed by atoms with van der Waals surface area (Å²) in [6.45, 7) is 0.00408. The number of carbonyl (C=O) groups is 1. The van der Waals surface area contributed by atoms with Crippen molar-refractivity contribution >= 4 is 69.2 Å². The Kier molecular flexibility index (Phi) is 7.44. The van der Waals surface area contributed by atoms with E-state index >= 15 is 0 Å². The van der Waals surface area contributed by atoms with E-state index in [1.807, 2.05) is 6.07 Å². The molecule has 1 aromatic heterocycles. The lowest BCUT2D eigenvalue weighted by atomic mass is 9.80. The molecule has 0 radical (unpaired) electrons. The van der Waals surface area contributed by atoms with E-state index in [1.165, 1.54) is 22.5 Å². The summed E-state index contributed by atoms with van der Waals surface area (Å²) in [6.07, 6.45) is 1.91. The van der Waals surface area contributed by atoms with Gasteiger partial charge in [-0.25, -0.2) is 8.42 Å². The number of nitrogens with one attached hydrogen (secondary N) is 1. The number of hydrogen-bond donors (Lipinski definition) is 4. The van der Waals surface area contributed by atoms with Crippen molar-refractivity contribution in [2.45, 2.75) is 25.3 Å². The van der Waals surface area contributed by atoms with Crippen LogP contribution in [0.4, 0.5) is 5.69 Å². The Morgan fingerprint density at radius 3 is 2.39 bits per heavy atom. The summed E-state index contributed by atoms with van der Waals surface area (Å²) in [5.74, 6) is 0.336. The third-order valence-electron chi connectivity index (χ3n) is 6.61. The second-order valence-electron chi connectivity index (χ2n) is 9.09. The van der Waals surface area contributed by atoms with Crippen LogP contribution in [0.15, 0.2) is 59.0 Å². The first kappa shape index (κ1) is 26.6. The number of nitrogens with zero attached hydrogens (tertiary/aromatic N) is 1. The minimum absolute atomic E-state index is 0.00408. The third kappa shape index (κ3) is 5.15. The molecule has 3 aromatic carbocycles. The Labute approximate surface area is 231 Å². The fourth-order valence-corrected chi connectivity index (χ4v) is 5.54. The molecule has 0 aliphatic heterocycles. The van der Waals surface area contributed by atoms with E-state index in [-0.39, 0.29) is 34.5 Å². The highest BCUT2D eigenvalue weighted by Gasteiger charge is 2.30. The molecule has 12 heteroatoms. The topological polar surface area (TPSA) is 120 Å². The van der Waals surface area contributed by atoms with Gasteiger partial charge in [0.25, 0.3) is 5.91 Å². The maximum atomic E-state index is 13.0. The van der Waals surface area contributed by atoms with Crippen LogP contribution in [0.2, 0.25) is 10.0 Å². The van der Waals surface area contributed by atoms with Crippen molar-refractivity contribution in [2.24, 2.45) is 0 Å². The van der Waals surface area contributed by atoms with Crippen molar-refractivity contribution in [3.63, 3.8) is 0 Å². The van der Waals surface area contributed by atoms with Crippen molar-refractivity contribution in [1.82, 2.24) is 5.32 Å². The zero-order valence-corrected chi connectivity index (χ0v) is 22.6. The van der Waals surface area contributed by atoms with E-state index in [2.05, 4.69) is 5.32 Å². The van der Waals surface area contributed by atoms with Gasteiger partial charge in [-0.05, 0) is 78.4 Å². The fraction of sp³-hybridized carbons (Fsp3) is 0.192. The van der Waals surface area contributed by atoms with E-state index in [9.17, 15) is 23.3 Å². The number of benzene rings is 3. The third-order valence-corrected chi connectivity index (χ3v) is 7.95. The standard InChI is InChI=1S/C26H23BCl2N2O6S/c1-30-26(32)24-20-12-19(14-2-3-14)16(10-23(20)37-25(24)15-4-6-17(28)7-5-15)13-31(38(35)36)18-8-9-21(27(33)34)22(29)11-18/h4-12,14,33-34,38H,2-3,13H2,1H3,(H,30,32). The number of furan rings is 1. The Morgan fingerprint density at radius 1 is 1.11 bits per heavy atom. The Bertz CT molecular complexity index is 1610. The minimum Gasteiger partial charge on any atom is -0.455 e. The molecule has 38 heavy (non-hydrogen) atoms. The molecule has 0 unspecified atom stereocenters. The quantitative estimate of drug-likeness (QED) is 0.188. The van der Waals surface area contributed by atoms with Crippen molar-refractivity contribution < 1.29 is 27.7 Å². The van der Waals surface area contributed by atoms with Gasteiger partial charge >= 0.3 is 7.12 Å². The lowest BCUT2D eigenvalue weighted by Crippen LogP contribution is -2.31. The van der Waals surface area contributed by atoms with Gasteiger partial charge in [0.2, 0.25) is 10.9 Å². The molecular weight excluding hydrogens is 550 g/mol. The maximum absolute atomic E-state index is 13.0. The summed E-state index contributed by atoms with van der Waals surface area (Å²) in [7, 11) is -3.29. The Hall–Kier alpha value is -3.02. The zero-order valence-electron chi connectivity index (χ0n) is 20.1.